The molecule has 3 aliphatic heterocycles. The number of hydrogen-bond donors (Lipinski definition) is 0. The van der Waals surface area contributed by atoms with Gasteiger partial charge in [-0.05, 0) is 56.2 Å². The van der Waals surface area contributed by atoms with E-state index in [9.17, 15) is 5.26 Å². The molecular formula is C29H32N6O. The van der Waals surface area contributed by atoms with Gasteiger partial charge in [0.15, 0.2) is 0 Å². The van der Waals surface area contributed by atoms with Crippen LogP contribution in [0.4, 0.5) is 11.4 Å². The van der Waals surface area contributed by atoms with Gasteiger partial charge in [-0.3, -0.25) is 14.9 Å². The Kier molecular flexibility index (Phi) is 5.16. The number of pyridine rings is 2. The Morgan fingerprint density at radius 1 is 1.03 bits per heavy atom. The van der Waals surface area contributed by atoms with E-state index in [0.717, 1.165) is 62.4 Å². The summed E-state index contributed by atoms with van der Waals surface area (Å²) in [6.07, 6.45) is 6.68. The second kappa shape index (κ2) is 8.43. The minimum Gasteiger partial charge on any atom is -0.370 e. The van der Waals surface area contributed by atoms with Gasteiger partial charge in [0, 0.05) is 92.0 Å². The Balaban J connectivity index is 0.982. The van der Waals surface area contributed by atoms with Crippen molar-refractivity contribution in [2.75, 3.05) is 55.6 Å². The van der Waals surface area contributed by atoms with Crippen LogP contribution >= 0.6 is 0 Å². The minimum absolute atomic E-state index is 0.160. The van der Waals surface area contributed by atoms with Gasteiger partial charge in [-0.15, -0.1) is 0 Å². The third-order valence-corrected chi connectivity index (χ3v) is 8.29. The van der Waals surface area contributed by atoms with Crippen LogP contribution < -0.4 is 9.80 Å². The number of ether oxygens (including phenoxy) is 1. The Hall–Kier alpha value is -3.21. The van der Waals surface area contributed by atoms with Crippen molar-refractivity contribution >= 4 is 22.3 Å². The molecule has 0 amide bonds. The van der Waals surface area contributed by atoms with Gasteiger partial charge in [0.2, 0.25) is 0 Å². The maximum atomic E-state index is 9.50. The maximum Gasteiger partial charge on any atom is 0.101 e. The number of fused-ring (bicyclic) bond motifs is 1. The van der Waals surface area contributed by atoms with Crippen LogP contribution in [0.2, 0.25) is 0 Å². The van der Waals surface area contributed by atoms with Gasteiger partial charge in [0.25, 0.3) is 0 Å². The largest absolute Gasteiger partial charge is 0.370 e. The summed E-state index contributed by atoms with van der Waals surface area (Å²) in [6.45, 7) is 9.44. The van der Waals surface area contributed by atoms with E-state index in [1.165, 1.54) is 24.2 Å². The molecule has 7 heteroatoms. The molecule has 0 radical (unpaired) electrons. The van der Waals surface area contributed by atoms with E-state index < -0.39 is 0 Å². The van der Waals surface area contributed by atoms with Crippen LogP contribution in [0, 0.1) is 16.7 Å². The first-order valence-corrected chi connectivity index (χ1v) is 13.2. The number of aromatic nitrogens is 2. The Labute approximate surface area is 212 Å². The van der Waals surface area contributed by atoms with Crippen LogP contribution in [0.1, 0.15) is 36.9 Å². The van der Waals surface area contributed by atoms with E-state index >= 15 is 0 Å². The smallest absolute Gasteiger partial charge is 0.101 e. The molecule has 1 aliphatic carbocycles. The molecule has 0 bridgehead atoms. The summed E-state index contributed by atoms with van der Waals surface area (Å²) in [4.78, 5) is 16.6. The number of rotatable bonds is 5. The van der Waals surface area contributed by atoms with Gasteiger partial charge >= 0.3 is 0 Å². The molecule has 5 heterocycles. The topological polar surface area (TPSA) is 68.5 Å². The highest BCUT2D eigenvalue weighted by Gasteiger charge is 2.52. The monoisotopic (exact) mass is 480 g/mol. The van der Waals surface area contributed by atoms with E-state index in [2.05, 4.69) is 61.9 Å². The summed E-state index contributed by atoms with van der Waals surface area (Å²) >= 11 is 0. The molecule has 3 aromatic rings. The van der Waals surface area contributed by atoms with E-state index in [4.69, 9.17) is 4.74 Å². The lowest BCUT2D eigenvalue weighted by atomic mass is 9.72. The summed E-state index contributed by atoms with van der Waals surface area (Å²) in [5, 5.41) is 10.5. The molecule has 36 heavy (non-hydrogen) atoms. The third-order valence-electron chi connectivity index (χ3n) is 8.29. The molecule has 4 fully saturated rings. The van der Waals surface area contributed by atoms with Gasteiger partial charge in [0.05, 0.1) is 23.3 Å². The molecule has 1 spiro atoms. The standard InChI is InChI=1S/C29H32N6O/c1-20-13-34(27-7-6-22(12-30)28-25(27)3-2-9-32-28)15-24(36-20)14-33-16-29(17-33)18-35(19-29)23-8-10-31-26(11-23)21-4-5-21/h2-3,6-11,20-21,24H,4-5,13-19H2,1H3/t20-,24+/m1/s1. The zero-order valence-corrected chi connectivity index (χ0v) is 20.8. The zero-order valence-electron chi connectivity index (χ0n) is 20.8. The summed E-state index contributed by atoms with van der Waals surface area (Å²) in [6, 6.07) is 14.8. The molecule has 1 aromatic carbocycles. The fraction of sp³-hybridized carbons (Fsp3) is 0.483. The zero-order chi connectivity index (χ0) is 24.3. The number of hydrogen-bond acceptors (Lipinski definition) is 7. The first-order valence-electron chi connectivity index (χ1n) is 13.2. The molecule has 1 saturated carbocycles. The Morgan fingerprint density at radius 3 is 2.69 bits per heavy atom. The number of benzene rings is 1. The van der Waals surface area contributed by atoms with Crippen molar-refractivity contribution in [3.05, 3.63) is 60.0 Å². The van der Waals surface area contributed by atoms with E-state index in [0.29, 0.717) is 16.9 Å². The number of anilines is 2. The second-order valence-electron chi connectivity index (χ2n) is 11.4. The SMILES string of the molecule is C[C@@H]1CN(c2ccc(C#N)c3ncccc23)C[C@H](CN2CC3(C2)CN(c2ccnc(C4CC4)c2)C3)O1. The molecule has 184 valence electrons. The Morgan fingerprint density at radius 2 is 1.89 bits per heavy atom. The first-order chi connectivity index (χ1) is 17.6. The molecule has 7 rings (SSSR count). The molecule has 7 nitrogen and oxygen atoms in total. The van der Waals surface area contributed by atoms with Crippen molar-refractivity contribution in [3.63, 3.8) is 0 Å². The van der Waals surface area contributed by atoms with Crippen LogP contribution in [0.15, 0.2) is 48.8 Å². The molecule has 4 aliphatic rings. The van der Waals surface area contributed by atoms with Crippen LogP contribution in [0.3, 0.4) is 0 Å². The van der Waals surface area contributed by atoms with Gasteiger partial charge in [-0.2, -0.15) is 5.26 Å². The predicted octanol–water partition coefficient (Wildman–Crippen LogP) is 3.79. The predicted molar refractivity (Wildman–Crippen MR) is 140 cm³/mol. The molecule has 3 saturated heterocycles. The molecule has 0 N–H and O–H groups in total. The number of morpholine rings is 1. The maximum absolute atomic E-state index is 9.50. The summed E-state index contributed by atoms with van der Waals surface area (Å²) < 4.78 is 6.38. The van der Waals surface area contributed by atoms with E-state index in [1.54, 1.807) is 6.20 Å². The van der Waals surface area contributed by atoms with Gasteiger partial charge < -0.3 is 14.5 Å². The van der Waals surface area contributed by atoms with Crippen molar-refractivity contribution in [3.8, 4) is 6.07 Å². The molecule has 0 unspecified atom stereocenters. The number of likely N-dealkylation sites (tertiary alicyclic amines) is 1. The molecule has 2 aromatic heterocycles. The lowest BCUT2D eigenvalue weighted by molar-refractivity contribution is -0.0809. The summed E-state index contributed by atoms with van der Waals surface area (Å²) in [7, 11) is 0. The first kappa shape index (κ1) is 22.0. The van der Waals surface area contributed by atoms with Crippen molar-refractivity contribution in [2.45, 2.75) is 37.9 Å². The fourth-order valence-electron chi connectivity index (χ4n) is 6.57. The van der Waals surface area contributed by atoms with Gasteiger partial charge in [0.1, 0.15) is 6.07 Å². The van der Waals surface area contributed by atoms with Crippen LogP contribution in [-0.2, 0) is 4.74 Å². The van der Waals surface area contributed by atoms with Crippen LogP contribution in [-0.4, -0.2) is 72.9 Å². The molecule has 2 atom stereocenters. The third kappa shape index (κ3) is 3.89. The lowest BCUT2D eigenvalue weighted by Crippen LogP contribution is -2.73. The van der Waals surface area contributed by atoms with Gasteiger partial charge in [-0.25, -0.2) is 0 Å². The average molecular weight is 481 g/mol. The highest BCUT2D eigenvalue weighted by molar-refractivity contribution is 5.95. The normalized spacial score (nSPS) is 25.4. The van der Waals surface area contributed by atoms with Crippen molar-refractivity contribution in [1.82, 2.24) is 14.9 Å². The van der Waals surface area contributed by atoms with Crippen LogP contribution in [0.25, 0.3) is 10.9 Å². The van der Waals surface area contributed by atoms with Crippen molar-refractivity contribution in [1.29, 1.82) is 5.26 Å². The quantitative estimate of drug-likeness (QED) is 0.550. The van der Waals surface area contributed by atoms with Gasteiger partial charge in [-0.1, -0.05) is 0 Å². The molecular weight excluding hydrogens is 448 g/mol. The number of nitrogens with zero attached hydrogens (tertiary/aromatic N) is 6. The Bertz CT molecular complexity index is 1330. The van der Waals surface area contributed by atoms with Crippen molar-refractivity contribution < 1.29 is 4.74 Å². The summed E-state index contributed by atoms with van der Waals surface area (Å²) in [5.74, 6) is 0.704. The highest BCUT2D eigenvalue weighted by Crippen LogP contribution is 2.44. The number of nitriles is 1. The van der Waals surface area contributed by atoms with Crippen molar-refractivity contribution in [2.24, 2.45) is 5.41 Å². The van der Waals surface area contributed by atoms with E-state index in [-0.39, 0.29) is 12.2 Å². The summed E-state index contributed by atoms with van der Waals surface area (Å²) in [5.41, 5.74) is 5.63. The lowest BCUT2D eigenvalue weighted by Gasteiger charge is -2.61. The fourth-order valence-corrected chi connectivity index (χ4v) is 6.57. The average Bonchev–Trinajstić information content (AvgIpc) is 3.69. The minimum atomic E-state index is 0.160. The van der Waals surface area contributed by atoms with Crippen LogP contribution in [0.5, 0.6) is 0 Å². The second-order valence-corrected chi connectivity index (χ2v) is 11.4. The van der Waals surface area contributed by atoms with E-state index in [1.807, 2.05) is 18.3 Å². The highest BCUT2D eigenvalue weighted by atomic mass is 16.5.